The number of aromatic nitrogens is 1. The lowest BCUT2D eigenvalue weighted by molar-refractivity contribution is -0.138. The number of carbonyl (C=O) groups excluding carboxylic acids is 1. The van der Waals surface area contributed by atoms with Gasteiger partial charge in [0.15, 0.2) is 5.78 Å². The number of thioether (sulfide) groups is 1. The SMILES string of the molecule is CSc1cc(C(F)(F)F)c(C(=O)c2cnoc2)cc1C1CC1. The van der Waals surface area contributed by atoms with Gasteiger partial charge in [0.1, 0.15) is 6.26 Å². The van der Waals surface area contributed by atoms with Crippen molar-refractivity contribution in [3.8, 4) is 0 Å². The standard InChI is InChI=1S/C15H12F3NO2S/c1-22-13-5-12(15(16,17)18)11(4-10(13)8-2-3-8)14(20)9-6-19-21-7-9/h4-8H,2-3H2,1H3. The van der Waals surface area contributed by atoms with Crippen LogP contribution in [0.5, 0.6) is 0 Å². The highest BCUT2D eigenvalue weighted by Gasteiger charge is 2.38. The van der Waals surface area contributed by atoms with Gasteiger partial charge in [-0.25, -0.2) is 0 Å². The number of hydrogen-bond donors (Lipinski definition) is 0. The van der Waals surface area contributed by atoms with Gasteiger partial charge in [0.25, 0.3) is 0 Å². The topological polar surface area (TPSA) is 43.1 Å². The lowest BCUT2D eigenvalue weighted by Crippen LogP contribution is -2.15. The van der Waals surface area contributed by atoms with E-state index in [1.54, 1.807) is 6.26 Å². The number of carbonyl (C=O) groups is 1. The number of benzene rings is 1. The first-order valence-corrected chi connectivity index (χ1v) is 7.87. The normalized spacial score (nSPS) is 15.1. The molecule has 0 saturated heterocycles. The van der Waals surface area contributed by atoms with Gasteiger partial charge in [0.2, 0.25) is 0 Å². The van der Waals surface area contributed by atoms with E-state index in [9.17, 15) is 18.0 Å². The van der Waals surface area contributed by atoms with Crippen LogP contribution in [0.1, 0.15) is 45.8 Å². The van der Waals surface area contributed by atoms with Gasteiger partial charge >= 0.3 is 6.18 Å². The van der Waals surface area contributed by atoms with Crippen LogP contribution < -0.4 is 0 Å². The fraction of sp³-hybridized carbons (Fsp3) is 0.333. The third-order valence-electron chi connectivity index (χ3n) is 3.63. The van der Waals surface area contributed by atoms with E-state index in [-0.39, 0.29) is 17.0 Å². The summed E-state index contributed by atoms with van der Waals surface area (Å²) in [5, 5.41) is 3.38. The second kappa shape index (κ2) is 5.46. The first-order valence-electron chi connectivity index (χ1n) is 6.65. The Morgan fingerprint density at radius 3 is 2.59 bits per heavy atom. The predicted octanol–water partition coefficient (Wildman–Crippen LogP) is 4.52. The van der Waals surface area contributed by atoms with Gasteiger partial charge in [-0.3, -0.25) is 4.79 Å². The Balaban J connectivity index is 2.17. The second-order valence-electron chi connectivity index (χ2n) is 5.15. The minimum Gasteiger partial charge on any atom is -0.364 e. The largest absolute Gasteiger partial charge is 0.417 e. The van der Waals surface area contributed by atoms with Crippen LogP contribution >= 0.6 is 11.8 Å². The number of alkyl halides is 3. The number of hydrogen-bond acceptors (Lipinski definition) is 4. The Kier molecular flexibility index (Phi) is 3.76. The Hall–Kier alpha value is -1.76. The van der Waals surface area contributed by atoms with E-state index in [1.165, 1.54) is 17.8 Å². The van der Waals surface area contributed by atoms with Crippen molar-refractivity contribution in [1.29, 1.82) is 0 Å². The summed E-state index contributed by atoms with van der Waals surface area (Å²) in [6.07, 6.45) is 1.22. The zero-order valence-electron chi connectivity index (χ0n) is 11.6. The molecule has 2 aromatic rings. The lowest BCUT2D eigenvalue weighted by atomic mass is 9.95. The van der Waals surface area contributed by atoms with Gasteiger partial charge in [-0.2, -0.15) is 13.2 Å². The summed E-state index contributed by atoms with van der Waals surface area (Å²) in [6, 6.07) is 2.47. The van der Waals surface area contributed by atoms with Crippen molar-refractivity contribution >= 4 is 17.5 Å². The second-order valence-corrected chi connectivity index (χ2v) is 6.00. The van der Waals surface area contributed by atoms with Crippen molar-refractivity contribution < 1.29 is 22.5 Å². The Morgan fingerprint density at radius 2 is 2.09 bits per heavy atom. The quantitative estimate of drug-likeness (QED) is 0.611. The van der Waals surface area contributed by atoms with E-state index in [0.29, 0.717) is 4.90 Å². The van der Waals surface area contributed by atoms with Crippen molar-refractivity contribution in [3.05, 3.63) is 46.8 Å². The summed E-state index contributed by atoms with van der Waals surface area (Å²) in [4.78, 5) is 12.9. The Bertz CT molecular complexity index is 706. The van der Waals surface area contributed by atoms with Gasteiger partial charge in [-0.1, -0.05) is 5.16 Å². The van der Waals surface area contributed by atoms with E-state index in [1.807, 2.05) is 0 Å². The number of nitrogens with zero attached hydrogens (tertiary/aromatic N) is 1. The summed E-state index contributed by atoms with van der Waals surface area (Å²) in [7, 11) is 0. The molecule has 0 aliphatic heterocycles. The minimum atomic E-state index is -4.59. The third kappa shape index (κ3) is 2.77. The summed E-state index contributed by atoms with van der Waals surface area (Å²) in [6.45, 7) is 0. The van der Waals surface area contributed by atoms with Crippen molar-refractivity contribution in [2.24, 2.45) is 0 Å². The number of rotatable bonds is 4. The maximum Gasteiger partial charge on any atom is 0.417 e. The predicted molar refractivity (Wildman–Crippen MR) is 75.1 cm³/mol. The highest BCUT2D eigenvalue weighted by atomic mass is 32.2. The molecule has 1 saturated carbocycles. The van der Waals surface area contributed by atoms with Crippen molar-refractivity contribution in [2.45, 2.75) is 29.8 Å². The molecule has 1 heterocycles. The number of halogens is 3. The molecule has 0 atom stereocenters. The molecule has 0 amide bonds. The summed E-state index contributed by atoms with van der Waals surface area (Å²) in [5.41, 5.74) is -0.410. The van der Waals surface area contributed by atoms with Crippen LogP contribution in [-0.4, -0.2) is 17.2 Å². The molecule has 3 nitrogen and oxygen atoms in total. The van der Waals surface area contributed by atoms with Crippen LogP contribution in [0.2, 0.25) is 0 Å². The van der Waals surface area contributed by atoms with Crippen molar-refractivity contribution in [1.82, 2.24) is 5.16 Å². The summed E-state index contributed by atoms with van der Waals surface area (Å²) in [5.74, 6) is -0.470. The summed E-state index contributed by atoms with van der Waals surface area (Å²) < 4.78 is 44.5. The molecule has 0 unspecified atom stereocenters. The van der Waals surface area contributed by atoms with E-state index in [2.05, 4.69) is 9.68 Å². The van der Waals surface area contributed by atoms with E-state index in [0.717, 1.165) is 36.9 Å². The third-order valence-corrected chi connectivity index (χ3v) is 4.42. The molecule has 0 spiro atoms. The molecule has 1 aliphatic carbocycles. The number of ketones is 1. The molecule has 22 heavy (non-hydrogen) atoms. The molecule has 1 aliphatic rings. The molecule has 0 N–H and O–H groups in total. The average Bonchev–Trinajstić information content (AvgIpc) is 3.18. The highest BCUT2D eigenvalue weighted by molar-refractivity contribution is 7.98. The van der Waals surface area contributed by atoms with Crippen LogP contribution in [0.15, 0.2) is 34.0 Å². The molecular formula is C15H12F3NO2S. The maximum absolute atomic E-state index is 13.3. The van der Waals surface area contributed by atoms with Gasteiger partial charge in [0.05, 0.1) is 17.3 Å². The first-order chi connectivity index (χ1) is 10.4. The zero-order valence-corrected chi connectivity index (χ0v) is 12.4. The van der Waals surface area contributed by atoms with E-state index in [4.69, 9.17) is 0 Å². The van der Waals surface area contributed by atoms with Gasteiger partial charge in [-0.15, -0.1) is 11.8 Å². The van der Waals surface area contributed by atoms with Crippen LogP contribution in [-0.2, 0) is 6.18 Å². The zero-order chi connectivity index (χ0) is 15.9. The Labute approximate surface area is 128 Å². The van der Waals surface area contributed by atoms with Crippen LogP contribution in [0.4, 0.5) is 13.2 Å². The van der Waals surface area contributed by atoms with Gasteiger partial charge in [0, 0.05) is 10.5 Å². The molecule has 7 heteroatoms. The van der Waals surface area contributed by atoms with Crippen LogP contribution in [0.25, 0.3) is 0 Å². The maximum atomic E-state index is 13.3. The highest BCUT2D eigenvalue weighted by Crippen LogP contribution is 2.46. The average molecular weight is 327 g/mol. The first kappa shape index (κ1) is 15.1. The molecular weight excluding hydrogens is 315 g/mol. The van der Waals surface area contributed by atoms with E-state index >= 15 is 0 Å². The molecule has 1 aromatic carbocycles. The molecule has 1 fully saturated rings. The molecule has 0 bridgehead atoms. The molecule has 3 rings (SSSR count). The molecule has 0 radical (unpaired) electrons. The Morgan fingerprint density at radius 1 is 1.36 bits per heavy atom. The fourth-order valence-electron chi connectivity index (χ4n) is 2.38. The fourth-order valence-corrected chi connectivity index (χ4v) is 3.08. The van der Waals surface area contributed by atoms with Crippen molar-refractivity contribution in [2.75, 3.05) is 6.26 Å². The smallest absolute Gasteiger partial charge is 0.364 e. The molecule has 1 aromatic heterocycles. The lowest BCUT2D eigenvalue weighted by Gasteiger charge is -2.16. The van der Waals surface area contributed by atoms with Crippen LogP contribution in [0, 0.1) is 0 Å². The van der Waals surface area contributed by atoms with Gasteiger partial charge < -0.3 is 4.52 Å². The molecule has 116 valence electrons. The summed E-state index contributed by atoms with van der Waals surface area (Å²) >= 11 is 1.27. The minimum absolute atomic E-state index is 0.0177. The van der Waals surface area contributed by atoms with E-state index < -0.39 is 17.5 Å². The monoisotopic (exact) mass is 327 g/mol. The van der Waals surface area contributed by atoms with Crippen molar-refractivity contribution in [3.63, 3.8) is 0 Å². The van der Waals surface area contributed by atoms with Gasteiger partial charge in [-0.05, 0) is 42.7 Å². The van der Waals surface area contributed by atoms with Crippen LogP contribution in [0.3, 0.4) is 0 Å².